The average Bonchev–Trinajstić information content (AvgIpc) is 3.25. The highest BCUT2D eigenvalue weighted by atomic mass is 31.2. The van der Waals surface area contributed by atoms with E-state index in [2.05, 4.69) is 13.8 Å². The number of ether oxygens (including phenoxy) is 2. The lowest BCUT2D eigenvalue weighted by atomic mass is 10.0. The molecule has 0 heterocycles. The van der Waals surface area contributed by atoms with Gasteiger partial charge in [0.05, 0.1) is 19.8 Å². The second-order valence-electron chi connectivity index (χ2n) is 18.4. The van der Waals surface area contributed by atoms with Gasteiger partial charge in [-0.25, -0.2) is 4.57 Å². The summed E-state index contributed by atoms with van der Waals surface area (Å²) >= 11 is 0. The normalized spacial score (nSPS) is 13.6. The van der Waals surface area contributed by atoms with Crippen LogP contribution in [0.15, 0.2) is 0 Å². The second kappa shape index (κ2) is 47.9. The fraction of sp³-hybridized carbons (Fsp3) is 0.961. The zero-order valence-electron chi connectivity index (χ0n) is 40.8. The number of hydrogen-bond donors (Lipinski definition) is 3. The van der Waals surface area contributed by atoms with Crippen molar-refractivity contribution in [3.63, 3.8) is 0 Å². The van der Waals surface area contributed by atoms with Crippen LogP contribution < -0.4 is 5.73 Å². The number of carbonyl (C=O) groups excluding carboxylic acids is 1. The van der Waals surface area contributed by atoms with E-state index in [0.717, 1.165) is 38.5 Å². The van der Waals surface area contributed by atoms with E-state index in [-0.39, 0.29) is 13.0 Å². The molecule has 0 aliphatic carbocycles. The third kappa shape index (κ3) is 46.9. The Hall–Kier alpha value is -1.03. The summed E-state index contributed by atoms with van der Waals surface area (Å²) in [5, 5.41) is 8.93. The lowest BCUT2D eigenvalue weighted by molar-refractivity contribution is -0.154. The van der Waals surface area contributed by atoms with Gasteiger partial charge in [0.25, 0.3) is 0 Å². The van der Waals surface area contributed by atoms with Crippen molar-refractivity contribution in [2.24, 2.45) is 5.73 Å². The van der Waals surface area contributed by atoms with Crippen molar-refractivity contribution in [3.05, 3.63) is 0 Å². The van der Waals surface area contributed by atoms with Gasteiger partial charge in [-0.3, -0.25) is 18.6 Å². The number of phosphoric ester groups is 1. The Morgan fingerprint density at radius 2 is 0.742 bits per heavy atom. The van der Waals surface area contributed by atoms with Crippen LogP contribution in [0.4, 0.5) is 0 Å². The molecule has 11 heteroatoms. The number of phosphoric acid groups is 1. The van der Waals surface area contributed by atoms with E-state index in [0.29, 0.717) is 6.61 Å². The molecule has 0 fully saturated rings. The first-order valence-corrected chi connectivity index (χ1v) is 28.1. The lowest BCUT2D eigenvalue weighted by Crippen LogP contribution is -2.34. The maximum atomic E-state index is 12.7. The highest BCUT2D eigenvalue weighted by Crippen LogP contribution is 2.43. The SMILES string of the molecule is CCCCCCCCCCCCCCCCCCCCCCCCCOCC(COP(=O)(O)OCC(N)C(=O)O)OC(=O)CCCCCCCCCCCCCCCCCCC. The van der Waals surface area contributed by atoms with Gasteiger partial charge < -0.3 is 25.2 Å². The van der Waals surface area contributed by atoms with Crippen LogP contribution in [-0.2, 0) is 32.7 Å². The largest absolute Gasteiger partial charge is 0.480 e. The Morgan fingerprint density at radius 1 is 0.452 bits per heavy atom. The predicted molar refractivity (Wildman–Crippen MR) is 259 cm³/mol. The van der Waals surface area contributed by atoms with Crippen molar-refractivity contribution in [1.29, 1.82) is 0 Å². The van der Waals surface area contributed by atoms with Gasteiger partial charge in [0.1, 0.15) is 12.1 Å². The highest BCUT2D eigenvalue weighted by molar-refractivity contribution is 7.47. The summed E-state index contributed by atoms with van der Waals surface area (Å²) in [4.78, 5) is 33.7. The summed E-state index contributed by atoms with van der Waals surface area (Å²) in [7, 11) is -4.61. The summed E-state index contributed by atoms with van der Waals surface area (Å²) in [5.41, 5.74) is 5.38. The Kier molecular flexibility index (Phi) is 47.1. The highest BCUT2D eigenvalue weighted by Gasteiger charge is 2.27. The molecule has 10 nitrogen and oxygen atoms in total. The van der Waals surface area contributed by atoms with Crippen LogP contribution in [0.5, 0.6) is 0 Å². The van der Waals surface area contributed by atoms with Crippen molar-refractivity contribution in [1.82, 2.24) is 0 Å². The molecule has 0 bridgehead atoms. The summed E-state index contributed by atoms with van der Waals surface area (Å²) in [5.74, 6) is -1.76. The van der Waals surface area contributed by atoms with E-state index in [1.807, 2.05) is 0 Å². The quantitative estimate of drug-likeness (QED) is 0.0305. The Labute approximate surface area is 382 Å². The van der Waals surface area contributed by atoms with E-state index < -0.39 is 45.1 Å². The molecule has 0 aliphatic rings. The molecule has 0 radical (unpaired) electrons. The lowest BCUT2D eigenvalue weighted by Gasteiger charge is -2.20. The molecule has 0 aromatic heterocycles. The number of rotatable bonds is 52. The number of aliphatic carboxylic acids is 1. The molecule has 3 atom stereocenters. The van der Waals surface area contributed by atoms with Gasteiger partial charge in [0, 0.05) is 13.0 Å². The fourth-order valence-corrected chi connectivity index (χ4v) is 8.80. The minimum atomic E-state index is -4.61. The zero-order chi connectivity index (χ0) is 45.5. The second-order valence-corrected chi connectivity index (χ2v) is 19.8. The minimum absolute atomic E-state index is 0.0265. The number of unbranched alkanes of at least 4 members (excludes halogenated alkanes) is 38. The Balaban J connectivity index is 4.04. The number of esters is 1. The molecule has 4 N–H and O–H groups in total. The van der Waals surface area contributed by atoms with Crippen molar-refractivity contribution < 1.29 is 42.7 Å². The zero-order valence-corrected chi connectivity index (χ0v) is 41.6. The standard InChI is InChI=1S/C51H102NO9P/c1-3-5-7-9-11-13-15-17-19-21-22-23-24-25-26-28-30-32-34-36-38-40-42-44-58-45-48(46-59-62(56,57)60-47-49(52)51(54)55)61-50(53)43-41-39-37-35-33-31-29-27-20-18-16-14-12-10-8-6-4-2/h48-49H,3-47,52H2,1-2H3,(H,54,55)(H,56,57). The van der Waals surface area contributed by atoms with Crippen LogP contribution >= 0.6 is 7.82 Å². The topological polar surface area (TPSA) is 155 Å². The molecular weight excluding hydrogens is 802 g/mol. The number of carbonyl (C=O) groups is 2. The third-order valence-corrected chi connectivity index (χ3v) is 13.1. The molecule has 62 heavy (non-hydrogen) atoms. The number of carboxylic acids is 1. The van der Waals surface area contributed by atoms with Gasteiger partial charge in [0.15, 0.2) is 0 Å². The predicted octanol–water partition coefficient (Wildman–Crippen LogP) is 15.5. The van der Waals surface area contributed by atoms with Gasteiger partial charge in [-0.1, -0.05) is 258 Å². The molecule has 0 aliphatic heterocycles. The molecule has 0 spiro atoms. The first-order valence-electron chi connectivity index (χ1n) is 26.6. The van der Waals surface area contributed by atoms with Gasteiger partial charge >= 0.3 is 19.8 Å². The smallest absolute Gasteiger partial charge is 0.472 e. The van der Waals surface area contributed by atoms with Gasteiger partial charge in [-0.15, -0.1) is 0 Å². The van der Waals surface area contributed by atoms with Gasteiger partial charge in [0.2, 0.25) is 0 Å². The Bertz CT molecular complexity index is 1000. The van der Waals surface area contributed by atoms with E-state index in [9.17, 15) is 19.0 Å². The maximum absolute atomic E-state index is 12.7. The first-order chi connectivity index (χ1) is 30.2. The van der Waals surface area contributed by atoms with Crippen molar-refractivity contribution in [2.45, 2.75) is 289 Å². The maximum Gasteiger partial charge on any atom is 0.472 e. The fourth-order valence-electron chi connectivity index (χ4n) is 8.02. The van der Waals surface area contributed by atoms with E-state index in [1.165, 1.54) is 218 Å². The molecule has 0 saturated carbocycles. The molecule has 3 unspecified atom stereocenters. The van der Waals surface area contributed by atoms with Crippen molar-refractivity contribution >= 4 is 19.8 Å². The molecular formula is C51H102NO9P. The average molecular weight is 904 g/mol. The first kappa shape index (κ1) is 61.0. The minimum Gasteiger partial charge on any atom is -0.480 e. The Morgan fingerprint density at radius 3 is 1.06 bits per heavy atom. The van der Waals surface area contributed by atoms with Crippen molar-refractivity contribution in [3.8, 4) is 0 Å². The molecule has 0 aromatic carbocycles. The summed E-state index contributed by atoms with van der Waals surface area (Å²) < 4.78 is 33.5. The summed E-state index contributed by atoms with van der Waals surface area (Å²) in [6.07, 6.45) is 51.6. The molecule has 0 amide bonds. The third-order valence-electron chi connectivity index (χ3n) is 12.1. The molecule has 0 aromatic rings. The van der Waals surface area contributed by atoms with Crippen LogP contribution in [0.2, 0.25) is 0 Å². The van der Waals surface area contributed by atoms with Crippen LogP contribution in [0.25, 0.3) is 0 Å². The monoisotopic (exact) mass is 904 g/mol. The number of carboxylic acid groups (broad SMARTS) is 1. The summed E-state index contributed by atoms with van der Waals surface area (Å²) in [6, 6.07) is -1.47. The number of hydrogen-bond acceptors (Lipinski definition) is 8. The van der Waals surface area contributed by atoms with E-state index in [1.54, 1.807) is 0 Å². The van der Waals surface area contributed by atoms with Crippen LogP contribution in [0.1, 0.15) is 277 Å². The molecule has 370 valence electrons. The van der Waals surface area contributed by atoms with Crippen molar-refractivity contribution in [2.75, 3.05) is 26.4 Å². The van der Waals surface area contributed by atoms with Crippen LogP contribution in [-0.4, -0.2) is 60.5 Å². The molecule has 0 rings (SSSR count). The van der Waals surface area contributed by atoms with Crippen LogP contribution in [0.3, 0.4) is 0 Å². The van der Waals surface area contributed by atoms with Crippen LogP contribution in [0, 0.1) is 0 Å². The van der Waals surface area contributed by atoms with Gasteiger partial charge in [-0.05, 0) is 12.8 Å². The van der Waals surface area contributed by atoms with Gasteiger partial charge in [-0.2, -0.15) is 0 Å². The van der Waals surface area contributed by atoms with E-state index >= 15 is 0 Å². The summed E-state index contributed by atoms with van der Waals surface area (Å²) in [6.45, 7) is 3.96. The molecule has 0 saturated heterocycles. The number of nitrogens with two attached hydrogens (primary N) is 1. The van der Waals surface area contributed by atoms with E-state index in [4.69, 9.17) is 29.4 Å².